The summed E-state index contributed by atoms with van der Waals surface area (Å²) in [5, 5.41) is 2.90. The topological polar surface area (TPSA) is 59.6 Å². The van der Waals surface area contributed by atoms with Crippen LogP contribution >= 0.6 is 0 Å². The third-order valence-corrected chi connectivity index (χ3v) is 3.67. The van der Waals surface area contributed by atoms with E-state index >= 15 is 0 Å². The molecule has 1 saturated heterocycles. The first-order chi connectivity index (χ1) is 11.3. The Balaban J connectivity index is 1.54. The highest BCUT2D eigenvalue weighted by Crippen LogP contribution is 2.15. The van der Waals surface area contributed by atoms with E-state index in [4.69, 9.17) is 9.57 Å². The van der Waals surface area contributed by atoms with Crippen molar-refractivity contribution in [3.8, 4) is 5.75 Å². The van der Waals surface area contributed by atoms with Gasteiger partial charge in [0.25, 0.3) is 5.91 Å². The van der Waals surface area contributed by atoms with Crippen LogP contribution in [0.2, 0.25) is 0 Å². The Labute approximate surface area is 135 Å². The largest absolute Gasteiger partial charge is 0.382 e. The zero-order valence-corrected chi connectivity index (χ0v) is 12.8. The van der Waals surface area contributed by atoms with Gasteiger partial charge in [-0.2, -0.15) is 0 Å². The Bertz CT molecular complexity index is 640. The second-order valence-corrected chi connectivity index (χ2v) is 5.44. The van der Waals surface area contributed by atoms with Crippen molar-refractivity contribution in [2.45, 2.75) is 18.9 Å². The predicted octanol–water partition coefficient (Wildman–Crippen LogP) is 3.00. The van der Waals surface area contributed by atoms with Crippen molar-refractivity contribution in [1.29, 1.82) is 0 Å². The molecule has 2 aromatic rings. The van der Waals surface area contributed by atoms with E-state index in [1.807, 2.05) is 30.3 Å². The monoisotopic (exact) mass is 312 g/mol. The number of hydrogen-bond donors (Lipinski definition) is 2. The van der Waals surface area contributed by atoms with Gasteiger partial charge >= 0.3 is 0 Å². The van der Waals surface area contributed by atoms with E-state index in [9.17, 15) is 4.79 Å². The van der Waals surface area contributed by atoms with Crippen molar-refractivity contribution in [3.63, 3.8) is 0 Å². The molecule has 0 saturated carbocycles. The van der Waals surface area contributed by atoms with Crippen molar-refractivity contribution < 1.29 is 14.4 Å². The van der Waals surface area contributed by atoms with E-state index in [0.29, 0.717) is 17.9 Å². The van der Waals surface area contributed by atoms with E-state index in [1.54, 1.807) is 24.3 Å². The first kappa shape index (κ1) is 15.4. The van der Waals surface area contributed by atoms with Crippen molar-refractivity contribution in [2.75, 3.05) is 18.6 Å². The summed E-state index contributed by atoms with van der Waals surface area (Å²) < 4.78 is 5.50. The van der Waals surface area contributed by atoms with E-state index in [1.165, 1.54) is 0 Å². The molecule has 120 valence electrons. The zero-order valence-electron chi connectivity index (χ0n) is 12.8. The molecule has 1 aliphatic rings. The molecule has 0 spiro atoms. The second-order valence-electron chi connectivity index (χ2n) is 5.44. The van der Waals surface area contributed by atoms with Crippen LogP contribution in [0, 0.1) is 0 Å². The van der Waals surface area contributed by atoms with Gasteiger partial charge in [0.15, 0.2) is 5.75 Å². The Morgan fingerprint density at radius 2 is 2.04 bits per heavy atom. The van der Waals surface area contributed by atoms with Crippen LogP contribution in [0.4, 0.5) is 5.69 Å². The SMILES string of the molecule is O=C(NCC1CCCO1)c1cccc(ONc2ccccc2)c1. The number of amides is 1. The number of nitrogens with one attached hydrogen (secondary N) is 2. The summed E-state index contributed by atoms with van der Waals surface area (Å²) in [4.78, 5) is 17.7. The first-order valence-corrected chi connectivity index (χ1v) is 7.79. The summed E-state index contributed by atoms with van der Waals surface area (Å²) in [6.45, 7) is 1.33. The summed E-state index contributed by atoms with van der Waals surface area (Å²) in [6, 6.07) is 16.6. The van der Waals surface area contributed by atoms with Crippen LogP contribution in [-0.2, 0) is 4.74 Å². The maximum atomic E-state index is 12.2. The first-order valence-electron chi connectivity index (χ1n) is 7.79. The highest BCUT2D eigenvalue weighted by atomic mass is 16.6. The fourth-order valence-electron chi connectivity index (χ4n) is 2.44. The van der Waals surface area contributed by atoms with Crippen LogP contribution in [0.5, 0.6) is 5.75 Å². The molecule has 1 atom stereocenters. The van der Waals surface area contributed by atoms with Gasteiger partial charge in [0.05, 0.1) is 11.8 Å². The molecule has 5 nitrogen and oxygen atoms in total. The van der Waals surface area contributed by atoms with Crippen LogP contribution < -0.4 is 15.6 Å². The third kappa shape index (κ3) is 4.47. The summed E-state index contributed by atoms with van der Waals surface area (Å²) >= 11 is 0. The van der Waals surface area contributed by atoms with Crippen LogP contribution in [-0.4, -0.2) is 25.2 Å². The number of hydrogen-bond acceptors (Lipinski definition) is 4. The number of benzene rings is 2. The zero-order chi connectivity index (χ0) is 15.9. The molecule has 0 bridgehead atoms. The predicted molar refractivity (Wildman–Crippen MR) is 88.4 cm³/mol. The molecule has 5 heteroatoms. The molecule has 1 unspecified atom stereocenters. The molecule has 0 aromatic heterocycles. The molecule has 2 aromatic carbocycles. The van der Waals surface area contributed by atoms with Crippen LogP contribution in [0.3, 0.4) is 0 Å². The Morgan fingerprint density at radius 3 is 2.83 bits per heavy atom. The fraction of sp³-hybridized carbons (Fsp3) is 0.278. The number of rotatable bonds is 6. The lowest BCUT2D eigenvalue weighted by Gasteiger charge is -2.12. The smallest absolute Gasteiger partial charge is 0.251 e. The van der Waals surface area contributed by atoms with Crippen molar-refractivity contribution in [3.05, 3.63) is 60.2 Å². The van der Waals surface area contributed by atoms with Crippen LogP contribution in [0.1, 0.15) is 23.2 Å². The lowest BCUT2D eigenvalue weighted by Crippen LogP contribution is -2.31. The number of ether oxygens (including phenoxy) is 1. The van der Waals surface area contributed by atoms with Gasteiger partial charge in [0.1, 0.15) is 0 Å². The van der Waals surface area contributed by atoms with Crippen LogP contribution in [0.15, 0.2) is 54.6 Å². The quantitative estimate of drug-likeness (QED) is 0.805. The minimum atomic E-state index is -0.120. The normalized spacial score (nSPS) is 16.8. The number of carbonyl (C=O) groups is 1. The molecule has 1 amide bonds. The lowest BCUT2D eigenvalue weighted by atomic mass is 10.2. The molecule has 23 heavy (non-hydrogen) atoms. The van der Waals surface area contributed by atoms with E-state index < -0.39 is 0 Å². The standard InChI is InChI=1S/C18H20N2O3/c21-18(19-13-17-10-5-11-22-17)14-6-4-9-16(12-14)23-20-15-7-2-1-3-8-15/h1-4,6-9,12,17,20H,5,10-11,13H2,(H,19,21). The Morgan fingerprint density at radius 1 is 1.17 bits per heavy atom. The van der Waals surface area contributed by atoms with Gasteiger partial charge in [-0.3, -0.25) is 4.79 Å². The van der Waals surface area contributed by atoms with Gasteiger partial charge in [-0.05, 0) is 43.2 Å². The number of para-hydroxylation sites is 1. The molecule has 0 aliphatic carbocycles. The average Bonchev–Trinajstić information content (AvgIpc) is 3.12. The summed E-state index contributed by atoms with van der Waals surface area (Å²) in [6.07, 6.45) is 2.21. The molecular formula is C18H20N2O3. The molecule has 1 heterocycles. The fourth-order valence-corrected chi connectivity index (χ4v) is 2.44. The Hall–Kier alpha value is -2.53. The average molecular weight is 312 g/mol. The molecule has 3 rings (SSSR count). The van der Waals surface area contributed by atoms with Gasteiger partial charge in [-0.1, -0.05) is 24.3 Å². The molecule has 0 radical (unpaired) electrons. The molecule has 1 aliphatic heterocycles. The minimum Gasteiger partial charge on any atom is -0.382 e. The molecular weight excluding hydrogens is 292 g/mol. The highest BCUT2D eigenvalue weighted by molar-refractivity contribution is 5.94. The van der Waals surface area contributed by atoms with Gasteiger partial charge in [0.2, 0.25) is 0 Å². The van der Waals surface area contributed by atoms with Crippen molar-refractivity contribution >= 4 is 11.6 Å². The van der Waals surface area contributed by atoms with Crippen molar-refractivity contribution in [2.24, 2.45) is 0 Å². The lowest BCUT2D eigenvalue weighted by molar-refractivity contribution is 0.0857. The third-order valence-electron chi connectivity index (χ3n) is 3.67. The van der Waals surface area contributed by atoms with E-state index in [0.717, 1.165) is 25.1 Å². The van der Waals surface area contributed by atoms with Gasteiger partial charge < -0.3 is 14.9 Å². The molecule has 1 fully saturated rings. The maximum absolute atomic E-state index is 12.2. The summed E-state index contributed by atoms with van der Waals surface area (Å²) in [5.74, 6) is 0.462. The van der Waals surface area contributed by atoms with Gasteiger partial charge in [-0.25, -0.2) is 5.48 Å². The van der Waals surface area contributed by atoms with Gasteiger partial charge in [-0.15, -0.1) is 0 Å². The van der Waals surface area contributed by atoms with Gasteiger partial charge in [0, 0.05) is 18.7 Å². The number of anilines is 1. The van der Waals surface area contributed by atoms with E-state index in [-0.39, 0.29) is 12.0 Å². The van der Waals surface area contributed by atoms with Crippen LogP contribution in [0.25, 0.3) is 0 Å². The summed E-state index contributed by atoms with van der Waals surface area (Å²) in [7, 11) is 0. The maximum Gasteiger partial charge on any atom is 0.251 e. The highest BCUT2D eigenvalue weighted by Gasteiger charge is 2.16. The number of carbonyl (C=O) groups excluding carboxylic acids is 1. The second kappa shape index (κ2) is 7.65. The Kier molecular flexibility index (Phi) is 5.11. The van der Waals surface area contributed by atoms with E-state index in [2.05, 4.69) is 10.8 Å². The van der Waals surface area contributed by atoms with Crippen molar-refractivity contribution in [1.82, 2.24) is 5.32 Å². The minimum absolute atomic E-state index is 0.120. The molecule has 2 N–H and O–H groups in total. The summed E-state index contributed by atoms with van der Waals surface area (Å²) in [5.41, 5.74) is 4.27.